The molecule has 0 spiro atoms. The van der Waals surface area contributed by atoms with Crippen molar-refractivity contribution >= 4 is 29.8 Å². The summed E-state index contributed by atoms with van der Waals surface area (Å²) in [6.07, 6.45) is 13.2. The van der Waals surface area contributed by atoms with Gasteiger partial charge in [0.15, 0.2) is 0 Å². The predicted octanol–water partition coefficient (Wildman–Crippen LogP) is 3.87. The molecule has 6 nitrogen and oxygen atoms in total. The summed E-state index contributed by atoms with van der Waals surface area (Å²) in [4.78, 5) is 0. The Labute approximate surface area is 193 Å². The van der Waals surface area contributed by atoms with Crippen LogP contribution in [0, 0.1) is 35.5 Å². The fourth-order valence-electron chi connectivity index (χ4n) is 4.59. The van der Waals surface area contributed by atoms with Gasteiger partial charge in [-0.3, -0.25) is 0 Å². The third kappa shape index (κ3) is 7.58. The molecule has 0 aromatic carbocycles. The van der Waals surface area contributed by atoms with Crippen molar-refractivity contribution in [1.82, 2.24) is 4.72 Å². The number of halogens is 7. The molecule has 0 aliphatic heterocycles. The number of hydrogen-bond donors (Lipinski definition) is 2. The smallest absolute Gasteiger partial charge is 0.330 e. The summed E-state index contributed by atoms with van der Waals surface area (Å²) in [5, 5.41) is 0. The highest BCUT2D eigenvalue weighted by Crippen LogP contribution is 2.43. The Morgan fingerprint density at radius 2 is 1.21 bits per heavy atom. The van der Waals surface area contributed by atoms with Crippen LogP contribution < -0.4 is 10.5 Å². The van der Waals surface area contributed by atoms with Gasteiger partial charge < -0.3 is 5.73 Å². The van der Waals surface area contributed by atoms with Crippen molar-refractivity contribution in [3.05, 3.63) is 24.3 Å². The van der Waals surface area contributed by atoms with Crippen LogP contribution in [0.5, 0.6) is 0 Å². The third-order valence-electron chi connectivity index (χ3n) is 6.25. The number of rotatable bonds is 4. The number of allylic oxidation sites excluding steroid dienone is 4. The van der Waals surface area contributed by atoms with E-state index in [9.17, 15) is 43.2 Å². The molecule has 15 heteroatoms. The molecule has 4 bridgehead atoms. The Balaban J connectivity index is 0.000000192. The first-order valence-electron chi connectivity index (χ1n) is 10.1. The Morgan fingerprint density at radius 3 is 1.45 bits per heavy atom. The summed E-state index contributed by atoms with van der Waals surface area (Å²) in [6, 6.07) is 0. The maximum absolute atomic E-state index is 12.0. The first kappa shape index (κ1) is 28.4. The Kier molecular flexibility index (Phi) is 8.97. The number of nitrogens with one attached hydrogen (secondary N) is 1. The second-order valence-corrected chi connectivity index (χ2v) is 12.8. The molecule has 2 fully saturated rings. The van der Waals surface area contributed by atoms with Gasteiger partial charge in [-0.25, -0.2) is 21.6 Å². The van der Waals surface area contributed by atoms with Crippen molar-refractivity contribution in [3.63, 3.8) is 0 Å². The summed E-state index contributed by atoms with van der Waals surface area (Å²) in [5.74, 6) is 3.22. The highest BCUT2D eigenvalue weighted by Gasteiger charge is 2.47. The van der Waals surface area contributed by atoms with Gasteiger partial charge in [0.05, 0.1) is 0 Å². The van der Waals surface area contributed by atoms with Crippen molar-refractivity contribution < 1.29 is 43.2 Å². The van der Waals surface area contributed by atoms with Gasteiger partial charge in [0.25, 0.3) is 0 Å². The van der Waals surface area contributed by atoms with Crippen molar-refractivity contribution in [3.8, 4) is 0 Å². The molecule has 33 heavy (non-hydrogen) atoms. The van der Waals surface area contributed by atoms with Gasteiger partial charge in [-0.05, 0) is 67.7 Å². The van der Waals surface area contributed by atoms with Gasteiger partial charge in [0.2, 0.25) is 0 Å². The molecule has 4 aliphatic carbocycles. The fraction of sp³-hybridized carbons (Fsp3) is 0.778. The van der Waals surface area contributed by atoms with Crippen molar-refractivity contribution in [2.45, 2.75) is 36.7 Å². The van der Waals surface area contributed by atoms with Crippen LogP contribution >= 0.6 is 10.7 Å². The number of sulfonamides is 1. The molecule has 0 aromatic rings. The molecule has 0 heterocycles. The van der Waals surface area contributed by atoms with Crippen LogP contribution in [0.25, 0.3) is 0 Å². The molecule has 192 valence electrons. The van der Waals surface area contributed by atoms with Crippen LogP contribution in [0.4, 0.5) is 26.3 Å². The normalized spacial score (nSPS) is 32.4. The standard InChI is InChI=1S/C9H12F3NO2S.C8H13N.CClF3O2S/c10-9(11,12)16(14,15)13-5-8-4-6-1-2-7(8)3-6;9-5-8-4-6-1-2-7(8)3-6;2-8(6,7)1(3,4)5/h1-2,6-8,13H,3-5H2;1-2,6-8H,3-5,9H2;. The lowest BCUT2D eigenvalue weighted by molar-refractivity contribution is -0.0449. The summed E-state index contributed by atoms with van der Waals surface area (Å²) in [5.41, 5.74) is -4.95. The first-order valence-corrected chi connectivity index (χ1v) is 13.9. The fourth-order valence-corrected chi connectivity index (χ4v) is 5.19. The zero-order valence-electron chi connectivity index (χ0n) is 17.2. The summed E-state index contributed by atoms with van der Waals surface area (Å²) >= 11 is 0. The topological polar surface area (TPSA) is 106 Å². The number of hydrogen-bond acceptors (Lipinski definition) is 5. The van der Waals surface area contributed by atoms with E-state index in [1.54, 1.807) is 4.72 Å². The molecule has 4 aliphatic rings. The highest BCUT2D eigenvalue weighted by atomic mass is 35.7. The van der Waals surface area contributed by atoms with E-state index in [1.807, 2.05) is 6.08 Å². The van der Waals surface area contributed by atoms with E-state index >= 15 is 0 Å². The zero-order chi connectivity index (χ0) is 25.2. The second kappa shape index (κ2) is 10.4. The lowest BCUT2D eigenvalue weighted by Gasteiger charge is -2.18. The van der Waals surface area contributed by atoms with E-state index in [-0.39, 0.29) is 18.4 Å². The average Bonchev–Trinajstić information content (AvgIpc) is 3.45. The molecule has 0 aromatic heterocycles. The zero-order valence-corrected chi connectivity index (χ0v) is 19.6. The molecule has 0 radical (unpaired) electrons. The van der Waals surface area contributed by atoms with Crippen LogP contribution in [0.1, 0.15) is 25.7 Å². The van der Waals surface area contributed by atoms with Crippen LogP contribution in [0.2, 0.25) is 0 Å². The SMILES string of the molecule is NCC1CC2C=CC1C2.O=S(=O)(Cl)C(F)(F)F.O=S(=O)(NCC1CC2C=CC1C2)C(F)(F)F. The molecule has 2 saturated carbocycles. The monoisotopic (exact) mass is 546 g/mol. The summed E-state index contributed by atoms with van der Waals surface area (Å²) in [6.45, 7) is 0.777. The van der Waals surface area contributed by atoms with E-state index in [0.717, 1.165) is 37.1 Å². The molecule has 0 amide bonds. The van der Waals surface area contributed by atoms with Gasteiger partial charge in [0.1, 0.15) is 0 Å². The highest BCUT2D eigenvalue weighted by molar-refractivity contribution is 8.14. The van der Waals surface area contributed by atoms with Crippen LogP contribution in [-0.2, 0) is 19.1 Å². The van der Waals surface area contributed by atoms with E-state index in [1.165, 1.54) is 12.8 Å². The lowest BCUT2D eigenvalue weighted by Crippen LogP contribution is -2.39. The van der Waals surface area contributed by atoms with Crippen molar-refractivity contribution in [2.75, 3.05) is 13.1 Å². The Morgan fingerprint density at radius 1 is 0.788 bits per heavy atom. The summed E-state index contributed by atoms with van der Waals surface area (Å²) in [7, 11) is -6.69. The van der Waals surface area contributed by atoms with Gasteiger partial charge in [-0.15, -0.1) is 0 Å². The van der Waals surface area contributed by atoms with E-state index < -0.39 is 30.1 Å². The maximum atomic E-state index is 12.0. The second-order valence-electron chi connectivity index (χ2n) is 8.50. The molecule has 4 rings (SSSR count). The Hall–Kier alpha value is -0.830. The minimum atomic E-state index is -5.37. The maximum Gasteiger partial charge on any atom is 0.511 e. The Bertz CT molecular complexity index is 950. The van der Waals surface area contributed by atoms with Gasteiger partial charge >= 0.3 is 30.1 Å². The minimum absolute atomic E-state index is 0.00660. The molecule has 6 unspecified atom stereocenters. The van der Waals surface area contributed by atoms with E-state index in [2.05, 4.69) is 28.9 Å². The lowest BCUT2D eigenvalue weighted by atomic mass is 9.94. The minimum Gasteiger partial charge on any atom is -0.330 e. The number of nitrogens with two attached hydrogens (primary N) is 1. The molecular weight excluding hydrogens is 522 g/mol. The van der Waals surface area contributed by atoms with Crippen molar-refractivity contribution in [1.29, 1.82) is 0 Å². The van der Waals surface area contributed by atoms with Crippen molar-refractivity contribution in [2.24, 2.45) is 41.2 Å². The quantitative estimate of drug-likeness (QED) is 0.316. The van der Waals surface area contributed by atoms with E-state index in [4.69, 9.17) is 5.73 Å². The molecule has 6 atom stereocenters. The molecule has 0 saturated heterocycles. The molecular formula is C18H25ClF6N2O4S2. The van der Waals surface area contributed by atoms with Crippen LogP contribution in [0.3, 0.4) is 0 Å². The summed E-state index contributed by atoms with van der Waals surface area (Å²) < 4.78 is 110. The van der Waals surface area contributed by atoms with Gasteiger partial charge in [-0.2, -0.15) is 26.3 Å². The third-order valence-corrected chi connectivity index (χ3v) is 8.49. The van der Waals surface area contributed by atoms with Crippen LogP contribution in [0.15, 0.2) is 24.3 Å². The first-order chi connectivity index (χ1) is 14.9. The predicted molar refractivity (Wildman–Crippen MR) is 111 cm³/mol. The van der Waals surface area contributed by atoms with Crippen LogP contribution in [-0.4, -0.2) is 40.9 Å². The number of alkyl halides is 6. The van der Waals surface area contributed by atoms with E-state index in [0.29, 0.717) is 5.92 Å². The van der Waals surface area contributed by atoms with Gasteiger partial charge in [-0.1, -0.05) is 24.3 Å². The average molecular weight is 547 g/mol. The largest absolute Gasteiger partial charge is 0.511 e. The molecule has 3 N–H and O–H groups in total. The number of fused-ring (bicyclic) bond motifs is 4. The van der Waals surface area contributed by atoms with Gasteiger partial charge in [0, 0.05) is 17.2 Å².